The number of carbonyl (C=O) groups is 2. The van der Waals surface area contributed by atoms with Gasteiger partial charge in [-0.1, -0.05) is 13.8 Å². The number of carbonyl (C=O) groups excluding carboxylic acids is 2. The first-order valence-electron chi connectivity index (χ1n) is 11.0. The molecule has 0 aromatic heterocycles. The van der Waals surface area contributed by atoms with Crippen molar-refractivity contribution in [2.24, 2.45) is 40.4 Å². The third-order valence-electron chi connectivity index (χ3n) is 9.44. The van der Waals surface area contributed by atoms with Gasteiger partial charge in [0.05, 0.1) is 13.0 Å². The fraction of sp³-hybridized carbons (Fsp3) is 0.913. The first-order chi connectivity index (χ1) is 12.8. The van der Waals surface area contributed by atoms with Crippen molar-refractivity contribution in [2.75, 3.05) is 7.11 Å². The van der Waals surface area contributed by atoms with Crippen LogP contribution in [-0.4, -0.2) is 25.2 Å². The molecule has 4 fully saturated rings. The van der Waals surface area contributed by atoms with Crippen LogP contribution in [0.5, 0.6) is 0 Å². The zero-order valence-electron chi connectivity index (χ0n) is 17.5. The van der Waals surface area contributed by atoms with Crippen molar-refractivity contribution in [1.29, 1.82) is 0 Å². The van der Waals surface area contributed by atoms with Crippen LogP contribution in [0.1, 0.15) is 78.6 Å². The predicted octanol–water partition coefficient (Wildman–Crippen LogP) is 4.75. The minimum Gasteiger partial charge on any atom is -0.469 e. The van der Waals surface area contributed by atoms with Crippen LogP contribution in [0.15, 0.2) is 0 Å². The zero-order valence-corrected chi connectivity index (χ0v) is 17.5. The number of esters is 2. The first kappa shape index (κ1) is 19.3. The number of hydrogen-bond donors (Lipinski definition) is 0. The molecule has 0 heterocycles. The van der Waals surface area contributed by atoms with Crippen molar-refractivity contribution in [3.63, 3.8) is 0 Å². The summed E-state index contributed by atoms with van der Waals surface area (Å²) in [7, 11) is 1.54. The van der Waals surface area contributed by atoms with E-state index < -0.39 is 0 Å². The molecule has 4 heteroatoms. The monoisotopic (exact) mass is 376 g/mol. The molecule has 4 aliphatic rings. The Kier molecular flexibility index (Phi) is 4.83. The van der Waals surface area contributed by atoms with E-state index in [1.54, 1.807) is 7.11 Å². The molecule has 0 aromatic carbocycles. The van der Waals surface area contributed by atoms with Crippen molar-refractivity contribution in [1.82, 2.24) is 0 Å². The molecular formula is C23H36O4. The van der Waals surface area contributed by atoms with Gasteiger partial charge < -0.3 is 9.47 Å². The van der Waals surface area contributed by atoms with Crippen LogP contribution in [0.4, 0.5) is 0 Å². The summed E-state index contributed by atoms with van der Waals surface area (Å²) in [6, 6.07) is 0. The third kappa shape index (κ3) is 2.93. The van der Waals surface area contributed by atoms with Gasteiger partial charge in [-0.15, -0.1) is 0 Å². The van der Waals surface area contributed by atoms with Crippen LogP contribution in [0.2, 0.25) is 0 Å². The van der Waals surface area contributed by atoms with Gasteiger partial charge in [-0.05, 0) is 92.3 Å². The first-order valence-corrected chi connectivity index (χ1v) is 11.0. The Bertz CT molecular complexity index is 615. The molecule has 8 atom stereocenters. The van der Waals surface area contributed by atoms with E-state index in [-0.39, 0.29) is 29.4 Å². The maximum absolute atomic E-state index is 12.4. The largest absolute Gasteiger partial charge is 0.469 e. The quantitative estimate of drug-likeness (QED) is 0.653. The second kappa shape index (κ2) is 6.77. The van der Waals surface area contributed by atoms with E-state index in [1.165, 1.54) is 39.0 Å². The van der Waals surface area contributed by atoms with E-state index in [9.17, 15) is 9.59 Å². The van der Waals surface area contributed by atoms with Gasteiger partial charge in [0.2, 0.25) is 0 Å². The summed E-state index contributed by atoms with van der Waals surface area (Å²) < 4.78 is 10.7. The van der Waals surface area contributed by atoms with Gasteiger partial charge >= 0.3 is 11.9 Å². The molecule has 4 nitrogen and oxygen atoms in total. The number of ether oxygens (including phenoxy) is 2. The molecule has 0 spiro atoms. The molecule has 0 aliphatic heterocycles. The molecule has 0 amide bonds. The van der Waals surface area contributed by atoms with Crippen LogP contribution in [0.25, 0.3) is 0 Å². The number of fused-ring (bicyclic) bond motifs is 5. The second-order valence-corrected chi connectivity index (χ2v) is 10.4. The Balaban J connectivity index is 1.53. The number of methoxy groups -OCH3 is 1. The van der Waals surface area contributed by atoms with Crippen molar-refractivity contribution < 1.29 is 19.1 Å². The maximum Gasteiger partial charge on any atom is 0.309 e. The van der Waals surface area contributed by atoms with Gasteiger partial charge in [-0.25, -0.2) is 0 Å². The van der Waals surface area contributed by atoms with E-state index in [0.717, 1.165) is 37.5 Å². The molecule has 4 saturated carbocycles. The molecule has 4 aliphatic carbocycles. The van der Waals surface area contributed by atoms with Crippen molar-refractivity contribution in [3.05, 3.63) is 0 Å². The molecule has 0 saturated heterocycles. The van der Waals surface area contributed by atoms with Gasteiger partial charge in [-0.2, -0.15) is 0 Å². The van der Waals surface area contributed by atoms with Gasteiger partial charge in [0.1, 0.15) is 6.10 Å². The van der Waals surface area contributed by atoms with E-state index in [2.05, 4.69) is 13.8 Å². The van der Waals surface area contributed by atoms with Crippen LogP contribution in [0.3, 0.4) is 0 Å². The number of rotatable bonds is 2. The van der Waals surface area contributed by atoms with E-state index in [4.69, 9.17) is 9.47 Å². The molecule has 27 heavy (non-hydrogen) atoms. The lowest BCUT2D eigenvalue weighted by atomic mass is 9.44. The smallest absolute Gasteiger partial charge is 0.309 e. The molecule has 8 unspecified atom stereocenters. The SMILES string of the molecule is COC(=O)C1CCC2C3CCC4CC(OC(C)=O)CCC4(C)C3CCC12C. The predicted molar refractivity (Wildman–Crippen MR) is 103 cm³/mol. The second-order valence-electron chi connectivity index (χ2n) is 10.4. The summed E-state index contributed by atoms with van der Waals surface area (Å²) in [6.45, 7) is 6.42. The van der Waals surface area contributed by atoms with Crippen LogP contribution < -0.4 is 0 Å². The van der Waals surface area contributed by atoms with Crippen molar-refractivity contribution in [2.45, 2.75) is 84.7 Å². The lowest BCUT2D eigenvalue weighted by Gasteiger charge is -2.60. The van der Waals surface area contributed by atoms with Gasteiger partial charge in [-0.3, -0.25) is 9.59 Å². The Hall–Kier alpha value is -1.06. The van der Waals surface area contributed by atoms with E-state index in [0.29, 0.717) is 17.3 Å². The third-order valence-corrected chi connectivity index (χ3v) is 9.44. The summed E-state index contributed by atoms with van der Waals surface area (Å²) >= 11 is 0. The summed E-state index contributed by atoms with van der Waals surface area (Å²) in [6.07, 6.45) is 10.5. The van der Waals surface area contributed by atoms with Crippen molar-refractivity contribution in [3.8, 4) is 0 Å². The zero-order chi connectivity index (χ0) is 19.4. The molecule has 0 bridgehead atoms. The average Bonchev–Trinajstić information content (AvgIpc) is 2.98. The fourth-order valence-corrected chi connectivity index (χ4v) is 8.09. The highest BCUT2D eigenvalue weighted by Gasteiger charge is 2.61. The number of hydrogen-bond acceptors (Lipinski definition) is 4. The minimum atomic E-state index is -0.134. The highest BCUT2D eigenvalue weighted by molar-refractivity contribution is 5.73. The Morgan fingerprint density at radius 3 is 2.30 bits per heavy atom. The average molecular weight is 377 g/mol. The van der Waals surface area contributed by atoms with Gasteiger partial charge in [0.25, 0.3) is 0 Å². The lowest BCUT2D eigenvalue weighted by Crippen LogP contribution is -2.54. The summed E-state index contributed by atoms with van der Waals surface area (Å²) in [5.74, 6) is 2.85. The van der Waals surface area contributed by atoms with Crippen LogP contribution >= 0.6 is 0 Å². The standard InChI is InChI=1S/C23H36O4/c1-14(24)27-16-9-11-22(2)15(13-16)5-6-17-18-7-8-20(21(25)26-4)23(18,3)12-10-19(17)22/h15-20H,5-13H2,1-4H3. The topological polar surface area (TPSA) is 52.6 Å². The van der Waals surface area contributed by atoms with Gasteiger partial charge in [0, 0.05) is 6.92 Å². The minimum absolute atomic E-state index is 0.0141. The van der Waals surface area contributed by atoms with Crippen LogP contribution in [0, 0.1) is 40.4 Å². The molecule has 152 valence electrons. The Morgan fingerprint density at radius 1 is 0.889 bits per heavy atom. The molecule has 0 aromatic rings. The summed E-state index contributed by atoms with van der Waals surface area (Å²) in [5, 5.41) is 0. The Labute approximate surface area is 163 Å². The molecule has 4 rings (SSSR count). The molecular weight excluding hydrogens is 340 g/mol. The van der Waals surface area contributed by atoms with E-state index >= 15 is 0 Å². The molecule has 0 radical (unpaired) electrons. The molecule has 0 N–H and O–H groups in total. The highest BCUT2D eigenvalue weighted by atomic mass is 16.5. The fourth-order valence-electron chi connectivity index (χ4n) is 8.09. The maximum atomic E-state index is 12.4. The lowest BCUT2D eigenvalue weighted by molar-refractivity contribution is -0.164. The summed E-state index contributed by atoms with van der Waals surface area (Å²) in [5.41, 5.74) is 0.511. The van der Waals surface area contributed by atoms with E-state index in [1.807, 2.05) is 0 Å². The van der Waals surface area contributed by atoms with Gasteiger partial charge in [0.15, 0.2) is 0 Å². The summed E-state index contributed by atoms with van der Waals surface area (Å²) in [4.78, 5) is 23.8. The normalized spacial score (nSPS) is 48.7. The Morgan fingerprint density at radius 2 is 1.59 bits per heavy atom. The van der Waals surface area contributed by atoms with Crippen LogP contribution in [-0.2, 0) is 19.1 Å². The van der Waals surface area contributed by atoms with Crippen molar-refractivity contribution >= 4 is 11.9 Å². The highest BCUT2D eigenvalue weighted by Crippen LogP contribution is 2.67.